The molecule has 0 radical (unpaired) electrons. The summed E-state index contributed by atoms with van der Waals surface area (Å²) >= 11 is 0. The SMILES string of the molecule is NC(=O)n1cc(N)c2ccc(OCC(=O)O)cc21. The van der Waals surface area contributed by atoms with Gasteiger partial charge in [0.1, 0.15) is 5.75 Å². The van der Waals surface area contributed by atoms with Gasteiger partial charge in [-0.3, -0.25) is 4.57 Å². The van der Waals surface area contributed by atoms with E-state index in [9.17, 15) is 9.59 Å². The van der Waals surface area contributed by atoms with Crippen LogP contribution in [0.15, 0.2) is 24.4 Å². The van der Waals surface area contributed by atoms with Crippen LogP contribution in [-0.4, -0.2) is 28.3 Å². The lowest BCUT2D eigenvalue weighted by Gasteiger charge is -2.04. The highest BCUT2D eigenvalue weighted by Gasteiger charge is 2.11. The van der Waals surface area contributed by atoms with E-state index in [-0.39, 0.29) is 0 Å². The summed E-state index contributed by atoms with van der Waals surface area (Å²) in [5.74, 6) is -0.759. The molecular weight excluding hydrogens is 238 g/mol. The third-order valence-electron chi connectivity index (χ3n) is 2.41. The monoisotopic (exact) mass is 249 g/mol. The Bertz CT molecular complexity index is 632. The fourth-order valence-electron chi connectivity index (χ4n) is 1.65. The van der Waals surface area contributed by atoms with Gasteiger partial charge in [0, 0.05) is 17.6 Å². The van der Waals surface area contributed by atoms with Crippen LogP contribution < -0.4 is 16.2 Å². The molecule has 1 heterocycles. The van der Waals surface area contributed by atoms with Crippen LogP contribution >= 0.6 is 0 Å². The van der Waals surface area contributed by atoms with Crippen LogP contribution in [0.5, 0.6) is 5.75 Å². The highest BCUT2D eigenvalue weighted by molar-refractivity contribution is 5.99. The van der Waals surface area contributed by atoms with E-state index in [4.69, 9.17) is 21.3 Å². The molecule has 1 aromatic carbocycles. The van der Waals surface area contributed by atoms with Gasteiger partial charge in [0.2, 0.25) is 0 Å². The van der Waals surface area contributed by atoms with Crippen LogP contribution in [0.3, 0.4) is 0 Å². The van der Waals surface area contributed by atoms with Gasteiger partial charge in [-0.25, -0.2) is 9.59 Å². The molecule has 0 bridgehead atoms. The van der Waals surface area contributed by atoms with Gasteiger partial charge in [-0.05, 0) is 12.1 Å². The Morgan fingerprint density at radius 1 is 1.39 bits per heavy atom. The van der Waals surface area contributed by atoms with Gasteiger partial charge in [-0.1, -0.05) is 0 Å². The zero-order chi connectivity index (χ0) is 13.3. The van der Waals surface area contributed by atoms with Gasteiger partial charge in [0.05, 0.1) is 11.2 Å². The molecule has 5 N–H and O–H groups in total. The summed E-state index contributed by atoms with van der Waals surface area (Å²) in [5, 5.41) is 9.16. The number of aromatic nitrogens is 1. The van der Waals surface area contributed by atoms with Crippen LogP contribution in [0.4, 0.5) is 10.5 Å². The Morgan fingerprint density at radius 3 is 2.72 bits per heavy atom. The number of nitrogen functional groups attached to an aromatic ring is 1. The highest BCUT2D eigenvalue weighted by Crippen LogP contribution is 2.27. The molecule has 0 saturated carbocycles. The lowest BCUT2D eigenvalue weighted by atomic mass is 10.2. The maximum Gasteiger partial charge on any atom is 0.341 e. The normalized spacial score (nSPS) is 10.4. The minimum absolute atomic E-state index is 0.325. The van der Waals surface area contributed by atoms with Crippen molar-refractivity contribution in [1.29, 1.82) is 0 Å². The van der Waals surface area contributed by atoms with Gasteiger partial charge in [-0.15, -0.1) is 0 Å². The Hall–Kier alpha value is -2.70. The van der Waals surface area contributed by atoms with Crippen molar-refractivity contribution < 1.29 is 19.4 Å². The van der Waals surface area contributed by atoms with E-state index in [0.29, 0.717) is 22.3 Å². The third kappa shape index (κ3) is 2.05. The number of benzene rings is 1. The predicted octanol–water partition coefficient (Wildman–Crippen LogP) is 0.614. The molecule has 0 aliphatic carbocycles. The molecular formula is C11H11N3O4. The zero-order valence-electron chi connectivity index (χ0n) is 9.29. The maximum absolute atomic E-state index is 11.2. The molecule has 0 unspecified atom stereocenters. The fraction of sp³-hybridized carbons (Fsp3) is 0.0909. The van der Waals surface area contributed by atoms with E-state index in [2.05, 4.69) is 0 Å². The molecule has 1 aromatic heterocycles. The van der Waals surface area contributed by atoms with Crippen molar-refractivity contribution in [3.05, 3.63) is 24.4 Å². The van der Waals surface area contributed by atoms with Crippen molar-refractivity contribution in [2.75, 3.05) is 12.3 Å². The summed E-state index contributed by atoms with van der Waals surface area (Å²) in [7, 11) is 0. The molecule has 0 aliphatic rings. The molecule has 7 nitrogen and oxygen atoms in total. The van der Waals surface area contributed by atoms with Crippen LogP contribution in [0, 0.1) is 0 Å². The molecule has 1 amide bonds. The number of carboxylic acid groups (broad SMARTS) is 1. The second-order valence-electron chi connectivity index (χ2n) is 3.65. The summed E-state index contributed by atoms with van der Waals surface area (Å²) in [5.41, 5.74) is 11.8. The smallest absolute Gasteiger partial charge is 0.341 e. The van der Waals surface area contributed by atoms with Crippen molar-refractivity contribution in [2.24, 2.45) is 5.73 Å². The molecule has 0 spiro atoms. The third-order valence-corrected chi connectivity index (χ3v) is 2.41. The van der Waals surface area contributed by atoms with Gasteiger partial charge in [-0.2, -0.15) is 0 Å². The number of rotatable bonds is 3. The van der Waals surface area contributed by atoms with Crippen molar-refractivity contribution in [1.82, 2.24) is 4.57 Å². The summed E-state index contributed by atoms with van der Waals surface area (Å²) in [6, 6.07) is 4.06. The van der Waals surface area contributed by atoms with E-state index >= 15 is 0 Å². The number of ether oxygens (including phenoxy) is 1. The molecule has 18 heavy (non-hydrogen) atoms. The van der Waals surface area contributed by atoms with E-state index in [0.717, 1.165) is 0 Å². The first-order valence-electron chi connectivity index (χ1n) is 5.04. The average Bonchev–Trinajstić information content (AvgIpc) is 2.64. The van der Waals surface area contributed by atoms with E-state index < -0.39 is 18.6 Å². The lowest BCUT2D eigenvalue weighted by Crippen LogP contribution is -2.18. The van der Waals surface area contributed by atoms with Crippen LogP contribution in [0.2, 0.25) is 0 Å². The largest absolute Gasteiger partial charge is 0.482 e. The van der Waals surface area contributed by atoms with Gasteiger partial charge < -0.3 is 21.3 Å². The highest BCUT2D eigenvalue weighted by atomic mass is 16.5. The molecule has 2 aromatic rings. The molecule has 0 aliphatic heterocycles. The van der Waals surface area contributed by atoms with Crippen molar-refractivity contribution in [3.8, 4) is 5.75 Å². The van der Waals surface area contributed by atoms with Crippen molar-refractivity contribution in [2.45, 2.75) is 0 Å². The topological polar surface area (TPSA) is 121 Å². The van der Waals surface area contributed by atoms with Crippen LogP contribution in [0.25, 0.3) is 10.9 Å². The predicted molar refractivity (Wildman–Crippen MR) is 64.5 cm³/mol. The molecule has 0 fully saturated rings. The number of primary amides is 1. The average molecular weight is 249 g/mol. The molecule has 7 heteroatoms. The summed E-state index contributed by atoms with van der Waals surface area (Å²) in [6.45, 7) is -0.460. The Balaban J connectivity index is 2.45. The first-order chi connectivity index (χ1) is 8.49. The van der Waals surface area contributed by atoms with Gasteiger partial charge in [0.15, 0.2) is 6.61 Å². The Labute approximate surface area is 102 Å². The molecule has 94 valence electrons. The minimum atomic E-state index is -1.08. The van der Waals surface area contributed by atoms with E-state index in [1.54, 1.807) is 12.1 Å². The first-order valence-corrected chi connectivity index (χ1v) is 5.04. The van der Waals surface area contributed by atoms with E-state index in [1.807, 2.05) is 0 Å². The number of hydrogen-bond donors (Lipinski definition) is 3. The minimum Gasteiger partial charge on any atom is -0.482 e. The number of amides is 1. The second-order valence-corrected chi connectivity index (χ2v) is 3.65. The number of fused-ring (bicyclic) bond motifs is 1. The maximum atomic E-state index is 11.2. The number of anilines is 1. The standard InChI is InChI=1S/C11H11N3O4/c12-8-4-14(11(13)17)9-3-6(1-2-7(8)9)18-5-10(15)16/h1-4H,5,12H2,(H2,13,17)(H,15,16). The number of nitrogens with zero attached hydrogens (tertiary/aromatic N) is 1. The van der Waals surface area contributed by atoms with Crippen LogP contribution in [-0.2, 0) is 4.79 Å². The quantitative estimate of drug-likeness (QED) is 0.736. The van der Waals surface area contributed by atoms with Crippen LogP contribution in [0.1, 0.15) is 0 Å². The number of carbonyl (C=O) groups excluding carboxylic acids is 1. The number of aliphatic carboxylic acids is 1. The van der Waals surface area contributed by atoms with E-state index in [1.165, 1.54) is 16.8 Å². The van der Waals surface area contributed by atoms with Gasteiger partial charge in [0.25, 0.3) is 0 Å². The first kappa shape index (κ1) is 11.8. The van der Waals surface area contributed by atoms with Crippen molar-refractivity contribution >= 4 is 28.6 Å². The number of hydrogen-bond acceptors (Lipinski definition) is 4. The summed E-state index contributed by atoms with van der Waals surface area (Å²) in [4.78, 5) is 21.6. The van der Waals surface area contributed by atoms with Gasteiger partial charge >= 0.3 is 12.0 Å². The molecule has 2 rings (SSSR count). The number of carbonyl (C=O) groups is 2. The number of nitrogens with two attached hydrogens (primary N) is 2. The Kier molecular flexibility index (Phi) is 2.80. The molecule has 0 saturated heterocycles. The fourth-order valence-corrected chi connectivity index (χ4v) is 1.65. The zero-order valence-corrected chi connectivity index (χ0v) is 9.29. The summed E-state index contributed by atoms with van der Waals surface area (Å²) in [6.07, 6.45) is 1.41. The molecule has 0 atom stereocenters. The Morgan fingerprint density at radius 2 is 2.11 bits per heavy atom. The lowest BCUT2D eigenvalue weighted by molar-refractivity contribution is -0.139. The summed E-state index contributed by atoms with van der Waals surface area (Å²) < 4.78 is 6.19. The second kappa shape index (κ2) is 4.28. The number of carboxylic acids is 1. The van der Waals surface area contributed by atoms with Crippen molar-refractivity contribution in [3.63, 3.8) is 0 Å².